The predicted molar refractivity (Wildman–Crippen MR) is 146 cm³/mol. The first kappa shape index (κ1) is 23.2. The van der Waals surface area contributed by atoms with Crippen LogP contribution >= 0.6 is 11.3 Å². The Morgan fingerprint density at radius 2 is 1.86 bits per heavy atom. The lowest BCUT2D eigenvalue weighted by atomic mass is 10.1. The largest absolute Gasteiger partial charge is 0.380 e. The Morgan fingerprint density at radius 3 is 2.67 bits per heavy atom. The number of aromatic nitrogens is 2. The van der Waals surface area contributed by atoms with E-state index >= 15 is 0 Å². The van der Waals surface area contributed by atoms with E-state index in [0.717, 1.165) is 91.4 Å². The molecule has 1 atom stereocenters. The van der Waals surface area contributed by atoms with Crippen LogP contribution in [0.3, 0.4) is 0 Å². The fourth-order valence-electron chi connectivity index (χ4n) is 5.28. The molecule has 8 heteroatoms. The number of likely N-dealkylation sites (tertiary alicyclic amines) is 1. The van der Waals surface area contributed by atoms with E-state index in [1.807, 2.05) is 29.6 Å². The summed E-state index contributed by atoms with van der Waals surface area (Å²) in [6, 6.07) is 18.4. The van der Waals surface area contributed by atoms with Crippen LogP contribution in [-0.2, 0) is 9.53 Å². The summed E-state index contributed by atoms with van der Waals surface area (Å²) < 4.78 is 5.59. The van der Waals surface area contributed by atoms with Crippen LogP contribution in [0.2, 0.25) is 0 Å². The average molecular weight is 502 g/mol. The zero-order valence-electron chi connectivity index (χ0n) is 20.3. The fraction of sp³-hybridized carbons (Fsp3) is 0.357. The number of carbonyl (C=O) groups excluding carboxylic acids is 1. The zero-order valence-corrected chi connectivity index (χ0v) is 21.1. The minimum absolute atomic E-state index is 0.0227. The molecule has 4 heterocycles. The van der Waals surface area contributed by atoms with Crippen molar-refractivity contribution in [3.8, 4) is 11.3 Å². The third-order valence-corrected chi connectivity index (χ3v) is 8.05. The Bertz CT molecular complexity index is 1300. The third-order valence-electron chi connectivity index (χ3n) is 7.13. The molecule has 6 rings (SSSR count). The van der Waals surface area contributed by atoms with E-state index in [1.165, 1.54) is 5.69 Å². The van der Waals surface area contributed by atoms with Gasteiger partial charge in [-0.25, -0.2) is 0 Å². The Kier molecular flexibility index (Phi) is 6.72. The van der Waals surface area contributed by atoms with Crippen molar-refractivity contribution in [3.63, 3.8) is 0 Å². The zero-order chi connectivity index (χ0) is 24.3. The maximum absolute atomic E-state index is 13.5. The van der Waals surface area contributed by atoms with E-state index in [4.69, 9.17) is 4.74 Å². The summed E-state index contributed by atoms with van der Waals surface area (Å²) in [7, 11) is 0. The molecule has 0 radical (unpaired) electrons. The number of anilines is 2. The molecule has 2 aromatic heterocycles. The van der Waals surface area contributed by atoms with Crippen molar-refractivity contribution in [2.24, 2.45) is 0 Å². The van der Waals surface area contributed by atoms with Crippen LogP contribution in [0.25, 0.3) is 22.2 Å². The minimum atomic E-state index is -0.246. The first-order chi connectivity index (χ1) is 17.8. The highest BCUT2D eigenvalue weighted by molar-refractivity contribution is 7.10. The van der Waals surface area contributed by atoms with Gasteiger partial charge < -0.3 is 15.0 Å². The van der Waals surface area contributed by atoms with Crippen LogP contribution in [0, 0.1) is 0 Å². The standard InChI is InChI=1S/C28H31N5O2S/c34-28(27(25-5-3-18-36-25)33-12-1-2-13-33)29-21-8-11-24-23(19-21)26(31-30-24)20-6-9-22(10-7-20)32-14-4-16-35-17-15-32/h3,5-11,18-19,27H,1-2,4,12-17H2,(H,29,34)(H,30,31). The van der Waals surface area contributed by atoms with Gasteiger partial charge in [0, 0.05) is 46.9 Å². The monoisotopic (exact) mass is 501 g/mol. The van der Waals surface area contributed by atoms with Crippen LogP contribution in [0.5, 0.6) is 0 Å². The highest BCUT2D eigenvalue weighted by Gasteiger charge is 2.30. The van der Waals surface area contributed by atoms with Gasteiger partial charge in [0.25, 0.3) is 0 Å². The second kappa shape index (κ2) is 10.4. The van der Waals surface area contributed by atoms with Crippen LogP contribution in [0.15, 0.2) is 60.0 Å². The summed E-state index contributed by atoms with van der Waals surface area (Å²) in [6.45, 7) is 5.45. The fourth-order valence-corrected chi connectivity index (χ4v) is 6.13. The van der Waals surface area contributed by atoms with E-state index in [0.29, 0.717) is 0 Å². The van der Waals surface area contributed by atoms with Gasteiger partial charge in [-0.15, -0.1) is 11.3 Å². The van der Waals surface area contributed by atoms with Gasteiger partial charge in [0.15, 0.2) is 0 Å². The topological polar surface area (TPSA) is 73.5 Å². The summed E-state index contributed by atoms with van der Waals surface area (Å²) in [4.78, 5) is 19.2. The molecule has 0 spiro atoms. The number of aromatic amines is 1. The van der Waals surface area contributed by atoms with Gasteiger partial charge in [0.2, 0.25) is 5.91 Å². The molecule has 2 fully saturated rings. The van der Waals surface area contributed by atoms with Crippen molar-refractivity contribution in [2.45, 2.75) is 25.3 Å². The molecule has 4 aromatic rings. The highest BCUT2D eigenvalue weighted by Crippen LogP contribution is 2.32. The Morgan fingerprint density at radius 1 is 1.00 bits per heavy atom. The van der Waals surface area contributed by atoms with E-state index < -0.39 is 0 Å². The lowest BCUT2D eigenvalue weighted by Crippen LogP contribution is -2.35. The summed E-state index contributed by atoms with van der Waals surface area (Å²) in [5.41, 5.74) is 4.89. The van der Waals surface area contributed by atoms with Gasteiger partial charge in [-0.2, -0.15) is 5.10 Å². The van der Waals surface area contributed by atoms with Gasteiger partial charge in [-0.3, -0.25) is 14.8 Å². The number of thiophene rings is 1. The van der Waals surface area contributed by atoms with Crippen molar-refractivity contribution in [3.05, 3.63) is 64.9 Å². The number of benzene rings is 2. The first-order valence-corrected chi connectivity index (χ1v) is 13.6. The van der Waals surface area contributed by atoms with Crippen LogP contribution in [0.1, 0.15) is 30.2 Å². The number of rotatable bonds is 6. The van der Waals surface area contributed by atoms with Crippen molar-refractivity contribution in [1.82, 2.24) is 15.1 Å². The van der Waals surface area contributed by atoms with Gasteiger partial charge in [0.1, 0.15) is 6.04 Å². The lowest BCUT2D eigenvalue weighted by molar-refractivity contribution is -0.121. The van der Waals surface area contributed by atoms with Gasteiger partial charge in [-0.1, -0.05) is 18.2 Å². The number of H-pyrrole nitrogens is 1. The molecule has 36 heavy (non-hydrogen) atoms. The van der Waals surface area contributed by atoms with E-state index in [2.05, 4.69) is 55.6 Å². The van der Waals surface area contributed by atoms with Crippen LogP contribution in [-0.4, -0.2) is 60.4 Å². The normalized spacial score (nSPS) is 17.8. The molecule has 0 bridgehead atoms. The number of carbonyl (C=O) groups is 1. The number of nitrogens with zero attached hydrogens (tertiary/aromatic N) is 3. The predicted octanol–water partition coefficient (Wildman–Crippen LogP) is 5.29. The van der Waals surface area contributed by atoms with Crippen molar-refractivity contribution in [2.75, 3.05) is 49.6 Å². The quantitative estimate of drug-likeness (QED) is 0.375. The molecule has 2 saturated heterocycles. The summed E-state index contributed by atoms with van der Waals surface area (Å²) in [6.07, 6.45) is 3.33. The van der Waals surface area contributed by atoms with Crippen molar-refractivity contribution >= 4 is 39.5 Å². The molecular formula is C28H31N5O2S. The average Bonchev–Trinajstić information content (AvgIpc) is 3.65. The van der Waals surface area contributed by atoms with E-state index in [9.17, 15) is 4.79 Å². The maximum Gasteiger partial charge on any atom is 0.247 e. The number of ether oxygens (including phenoxy) is 1. The lowest BCUT2D eigenvalue weighted by Gasteiger charge is -2.25. The molecule has 2 aromatic carbocycles. The molecule has 1 unspecified atom stereocenters. The molecular weight excluding hydrogens is 470 g/mol. The number of fused-ring (bicyclic) bond motifs is 1. The molecule has 2 aliphatic rings. The number of nitrogens with one attached hydrogen (secondary N) is 2. The molecule has 0 aliphatic carbocycles. The molecule has 7 nitrogen and oxygen atoms in total. The van der Waals surface area contributed by atoms with E-state index in [1.54, 1.807) is 11.3 Å². The number of amides is 1. The maximum atomic E-state index is 13.5. The molecule has 186 valence electrons. The van der Waals surface area contributed by atoms with Crippen LogP contribution in [0.4, 0.5) is 11.4 Å². The summed E-state index contributed by atoms with van der Waals surface area (Å²) in [5, 5.41) is 14.0. The highest BCUT2D eigenvalue weighted by atomic mass is 32.1. The summed E-state index contributed by atoms with van der Waals surface area (Å²) >= 11 is 1.64. The second-order valence-corrected chi connectivity index (χ2v) is 10.5. The van der Waals surface area contributed by atoms with E-state index in [-0.39, 0.29) is 11.9 Å². The minimum Gasteiger partial charge on any atom is -0.380 e. The Balaban J connectivity index is 1.24. The smallest absolute Gasteiger partial charge is 0.247 e. The molecule has 2 N–H and O–H groups in total. The SMILES string of the molecule is O=C(Nc1ccc2[nH]nc(-c3ccc(N4CCCOCC4)cc3)c2c1)C(c1cccs1)N1CCCC1. The van der Waals surface area contributed by atoms with Gasteiger partial charge in [0.05, 0.1) is 17.8 Å². The van der Waals surface area contributed by atoms with Gasteiger partial charge >= 0.3 is 0 Å². The van der Waals surface area contributed by atoms with Crippen molar-refractivity contribution in [1.29, 1.82) is 0 Å². The van der Waals surface area contributed by atoms with Crippen LogP contribution < -0.4 is 10.2 Å². The number of hydrogen-bond acceptors (Lipinski definition) is 6. The molecule has 2 aliphatic heterocycles. The van der Waals surface area contributed by atoms with Gasteiger partial charge in [-0.05, 0) is 74.1 Å². The second-order valence-electron chi connectivity index (χ2n) is 9.48. The Hall–Kier alpha value is -3.20. The van der Waals surface area contributed by atoms with Crippen molar-refractivity contribution < 1.29 is 9.53 Å². The number of hydrogen-bond donors (Lipinski definition) is 2. The molecule has 1 amide bonds. The molecule has 0 saturated carbocycles. The summed E-state index contributed by atoms with van der Waals surface area (Å²) in [5.74, 6) is 0.0227. The third kappa shape index (κ3) is 4.76. The Labute approximate surface area is 215 Å². The first-order valence-electron chi connectivity index (χ1n) is 12.8.